The maximum absolute atomic E-state index is 12.3. The van der Waals surface area contributed by atoms with Gasteiger partial charge in [-0.3, -0.25) is 9.59 Å². The maximum atomic E-state index is 12.3. The molecule has 2 unspecified atom stereocenters. The fourth-order valence-electron chi connectivity index (χ4n) is 1.95. The van der Waals surface area contributed by atoms with E-state index in [2.05, 4.69) is 18.8 Å². The Hall–Kier alpha value is -1.23. The Balaban J connectivity index is 2.22. The zero-order valence-electron chi connectivity index (χ0n) is 9.97. The number of nitrogens with one attached hydrogen (secondary N) is 1. The molecule has 2 atom stereocenters. The second kappa shape index (κ2) is 4.96. The van der Waals surface area contributed by atoms with Crippen LogP contribution in [0.4, 0.5) is 0 Å². The van der Waals surface area contributed by atoms with E-state index in [0.29, 0.717) is 10.9 Å². The molecule has 2 rings (SSSR count). The van der Waals surface area contributed by atoms with E-state index < -0.39 is 0 Å². The van der Waals surface area contributed by atoms with Gasteiger partial charge in [-0.15, -0.1) is 0 Å². The van der Waals surface area contributed by atoms with E-state index in [4.69, 9.17) is 0 Å². The number of H-pyrrole nitrogens is 1. The first kappa shape index (κ1) is 12.2. The molecule has 17 heavy (non-hydrogen) atoms. The van der Waals surface area contributed by atoms with Gasteiger partial charge in [0.2, 0.25) is 5.56 Å². The van der Waals surface area contributed by atoms with Crippen molar-refractivity contribution >= 4 is 17.7 Å². The Kier molecular flexibility index (Phi) is 3.57. The van der Waals surface area contributed by atoms with Gasteiger partial charge in [0, 0.05) is 29.7 Å². The highest BCUT2D eigenvalue weighted by molar-refractivity contribution is 8.00. The first-order chi connectivity index (χ1) is 8.09. The Morgan fingerprint density at radius 2 is 2.24 bits per heavy atom. The van der Waals surface area contributed by atoms with E-state index in [-0.39, 0.29) is 17.5 Å². The quantitative estimate of drug-likeness (QED) is 0.820. The van der Waals surface area contributed by atoms with E-state index in [1.807, 2.05) is 16.7 Å². The lowest BCUT2D eigenvalue weighted by atomic mass is 10.2. The van der Waals surface area contributed by atoms with Gasteiger partial charge in [-0.2, -0.15) is 11.8 Å². The van der Waals surface area contributed by atoms with Crippen molar-refractivity contribution < 1.29 is 4.79 Å². The Bertz CT molecular complexity index is 472. The molecule has 1 fully saturated rings. The number of thioether (sulfide) groups is 1. The van der Waals surface area contributed by atoms with Crippen molar-refractivity contribution in [1.29, 1.82) is 0 Å². The minimum atomic E-state index is -0.233. The molecule has 2 heterocycles. The summed E-state index contributed by atoms with van der Waals surface area (Å²) < 4.78 is 0. The third-order valence-corrected chi connectivity index (χ3v) is 4.48. The Morgan fingerprint density at radius 1 is 1.47 bits per heavy atom. The van der Waals surface area contributed by atoms with E-state index in [0.717, 1.165) is 12.3 Å². The molecule has 0 bridgehead atoms. The van der Waals surface area contributed by atoms with Crippen LogP contribution in [-0.4, -0.2) is 39.4 Å². The molecule has 0 aromatic carbocycles. The van der Waals surface area contributed by atoms with Gasteiger partial charge in [0.1, 0.15) is 5.69 Å². The van der Waals surface area contributed by atoms with Crippen molar-refractivity contribution in [3.05, 3.63) is 34.2 Å². The molecule has 92 valence electrons. The first-order valence-corrected chi connectivity index (χ1v) is 6.76. The third-order valence-electron chi connectivity index (χ3n) is 3.14. The van der Waals surface area contributed by atoms with Crippen LogP contribution in [0.3, 0.4) is 0 Å². The van der Waals surface area contributed by atoms with Gasteiger partial charge < -0.3 is 9.88 Å². The van der Waals surface area contributed by atoms with E-state index in [1.165, 1.54) is 6.07 Å². The molecule has 1 saturated heterocycles. The van der Waals surface area contributed by atoms with Gasteiger partial charge in [-0.25, -0.2) is 0 Å². The van der Waals surface area contributed by atoms with Gasteiger partial charge in [-0.1, -0.05) is 13.0 Å². The van der Waals surface area contributed by atoms with Crippen LogP contribution in [0.5, 0.6) is 0 Å². The minimum Gasteiger partial charge on any atom is -0.333 e. The van der Waals surface area contributed by atoms with Gasteiger partial charge in [0.25, 0.3) is 5.91 Å². The number of hydrogen-bond donors (Lipinski definition) is 1. The number of pyridine rings is 1. The summed E-state index contributed by atoms with van der Waals surface area (Å²) in [6.07, 6.45) is 0. The summed E-state index contributed by atoms with van der Waals surface area (Å²) in [6, 6.07) is 4.88. The molecule has 0 spiro atoms. The second-order valence-electron chi connectivity index (χ2n) is 4.24. The van der Waals surface area contributed by atoms with Crippen LogP contribution < -0.4 is 5.56 Å². The van der Waals surface area contributed by atoms with Crippen LogP contribution in [0.1, 0.15) is 24.3 Å². The standard InChI is InChI=1S/C12H16N2O2S/c1-8-9(2)17-7-6-14(8)12(16)10-4-3-5-11(15)13-10/h3-5,8-9H,6-7H2,1-2H3,(H,13,15). The summed E-state index contributed by atoms with van der Waals surface area (Å²) in [6.45, 7) is 4.92. The molecular weight excluding hydrogens is 236 g/mol. The monoisotopic (exact) mass is 252 g/mol. The topological polar surface area (TPSA) is 53.2 Å². The van der Waals surface area contributed by atoms with Gasteiger partial charge >= 0.3 is 0 Å². The highest BCUT2D eigenvalue weighted by Crippen LogP contribution is 2.25. The number of carbonyl (C=O) groups excluding carboxylic acids is 1. The lowest BCUT2D eigenvalue weighted by Crippen LogP contribution is -2.48. The van der Waals surface area contributed by atoms with Crippen molar-refractivity contribution in [2.24, 2.45) is 0 Å². The number of hydrogen-bond acceptors (Lipinski definition) is 3. The van der Waals surface area contributed by atoms with Gasteiger partial charge in [0.15, 0.2) is 0 Å². The van der Waals surface area contributed by atoms with Crippen LogP contribution in [-0.2, 0) is 0 Å². The van der Waals surface area contributed by atoms with Crippen LogP contribution in [0.25, 0.3) is 0 Å². The molecule has 1 N–H and O–H groups in total. The number of aromatic amines is 1. The summed E-state index contributed by atoms with van der Waals surface area (Å²) in [5.74, 6) is 0.872. The van der Waals surface area contributed by atoms with Gasteiger partial charge in [-0.05, 0) is 13.0 Å². The lowest BCUT2D eigenvalue weighted by Gasteiger charge is -2.37. The SMILES string of the molecule is CC1SCCN(C(=O)c2cccc(=O)[nH]2)C1C. The summed E-state index contributed by atoms with van der Waals surface area (Å²) in [5, 5.41) is 0.433. The average molecular weight is 252 g/mol. The largest absolute Gasteiger partial charge is 0.333 e. The molecule has 0 saturated carbocycles. The van der Waals surface area contributed by atoms with Crippen molar-refractivity contribution in [1.82, 2.24) is 9.88 Å². The summed E-state index contributed by atoms with van der Waals surface area (Å²) in [5.41, 5.74) is 0.145. The average Bonchev–Trinajstić information content (AvgIpc) is 2.32. The Labute approximate surface area is 104 Å². The van der Waals surface area contributed by atoms with Crippen LogP contribution in [0, 0.1) is 0 Å². The van der Waals surface area contributed by atoms with Crippen LogP contribution >= 0.6 is 11.8 Å². The summed E-state index contributed by atoms with van der Waals surface area (Å²) in [7, 11) is 0. The zero-order chi connectivity index (χ0) is 12.4. The van der Waals surface area contributed by atoms with Crippen LogP contribution in [0.15, 0.2) is 23.0 Å². The molecule has 1 amide bonds. The third kappa shape index (κ3) is 2.54. The molecule has 1 aromatic rings. The molecule has 0 radical (unpaired) electrons. The molecule has 1 aliphatic heterocycles. The van der Waals surface area contributed by atoms with Gasteiger partial charge in [0.05, 0.1) is 0 Å². The normalized spacial score (nSPS) is 24.7. The predicted molar refractivity (Wildman–Crippen MR) is 69.5 cm³/mol. The number of nitrogens with zero attached hydrogens (tertiary/aromatic N) is 1. The maximum Gasteiger partial charge on any atom is 0.270 e. The van der Waals surface area contributed by atoms with E-state index in [9.17, 15) is 9.59 Å². The fourth-order valence-corrected chi connectivity index (χ4v) is 3.05. The fraction of sp³-hybridized carbons (Fsp3) is 0.500. The molecule has 1 aliphatic rings. The lowest BCUT2D eigenvalue weighted by molar-refractivity contribution is 0.0692. The number of amides is 1. The predicted octanol–water partition coefficient (Wildman–Crippen LogP) is 1.34. The summed E-state index contributed by atoms with van der Waals surface area (Å²) >= 11 is 1.88. The number of carbonyl (C=O) groups is 1. The zero-order valence-corrected chi connectivity index (χ0v) is 10.8. The summed E-state index contributed by atoms with van der Waals surface area (Å²) in [4.78, 5) is 27.9. The minimum absolute atomic E-state index is 0.0812. The Morgan fingerprint density at radius 3 is 2.94 bits per heavy atom. The molecule has 5 heteroatoms. The smallest absolute Gasteiger partial charge is 0.270 e. The van der Waals surface area contributed by atoms with Crippen molar-refractivity contribution in [2.75, 3.05) is 12.3 Å². The van der Waals surface area contributed by atoms with Crippen molar-refractivity contribution in [2.45, 2.75) is 25.1 Å². The molecule has 0 aliphatic carbocycles. The highest BCUT2D eigenvalue weighted by atomic mass is 32.2. The molecular formula is C12H16N2O2S. The van der Waals surface area contributed by atoms with Crippen molar-refractivity contribution in [3.8, 4) is 0 Å². The van der Waals surface area contributed by atoms with Crippen LogP contribution in [0.2, 0.25) is 0 Å². The number of aromatic nitrogens is 1. The number of rotatable bonds is 1. The molecule has 4 nitrogen and oxygen atoms in total. The first-order valence-electron chi connectivity index (χ1n) is 5.71. The van der Waals surface area contributed by atoms with E-state index >= 15 is 0 Å². The van der Waals surface area contributed by atoms with E-state index in [1.54, 1.807) is 12.1 Å². The second-order valence-corrected chi connectivity index (χ2v) is 5.73. The molecule has 1 aromatic heterocycles. The highest BCUT2D eigenvalue weighted by Gasteiger charge is 2.29. The van der Waals surface area contributed by atoms with Crippen molar-refractivity contribution in [3.63, 3.8) is 0 Å².